The highest BCUT2D eigenvalue weighted by Gasteiger charge is 2.27. The molecular formula is C14H18Cl2N2O6. The molecule has 0 aliphatic heterocycles. The second kappa shape index (κ2) is 9.77. The summed E-state index contributed by atoms with van der Waals surface area (Å²) in [5, 5.41) is 41.6. The minimum Gasteiger partial charge on any atom is -0.482 e. The van der Waals surface area contributed by atoms with Crippen molar-refractivity contribution in [3.63, 3.8) is 0 Å². The number of benzene rings is 1. The summed E-state index contributed by atoms with van der Waals surface area (Å²) in [4.78, 5) is 11.5. The third kappa shape index (κ3) is 6.60. The number of aliphatic hydroxyl groups excluding tert-OH is 4. The van der Waals surface area contributed by atoms with E-state index in [1.54, 1.807) is 6.07 Å². The van der Waals surface area contributed by atoms with Gasteiger partial charge in [-0.05, 0) is 25.1 Å². The number of nitrogens with zero attached hydrogens (tertiary/aromatic N) is 1. The lowest BCUT2D eigenvalue weighted by molar-refractivity contribution is -0.123. The van der Waals surface area contributed by atoms with Crippen molar-refractivity contribution in [3.05, 3.63) is 28.2 Å². The zero-order valence-corrected chi connectivity index (χ0v) is 14.1. The molecule has 0 spiro atoms. The van der Waals surface area contributed by atoms with Gasteiger partial charge in [-0.2, -0.15) is 5.10 Å². The molecule has 0 radical (unpaired) electrons. The van der Waals surface area contributed by atoms with Crippen LogP contribution in [0.3, 0.4) is 0 Å². The smallest absolute Gasteiger partial charge is 0.277 e. The maximum absolute atomic E-state index is 11.5. The molecule has 1 aromatic carbocycles. The fourth-order valence-electron chi connectivity index (χ4n) is 1.53. The number of nitrogens with one attached hydrogen (secondary N) is 1. The summed E-state index contributed by atoms with van der Waals surface area (Å²) in [5.41, 5.74) is 2.06. The fraction of sp³-hybridized carbons (Fsp3) is 0.429. The first-order valence-corrected chi connectivity index (χ1v) is 7.60. The van der Waals surface area contributed by atoms with Crippen molar-refractivity contribution >= 4 is 35.3 Å². The Bertz CT molecular complexity index is 584. The van der Waals surface area contributed by atoms with Crippen LogP contribution in [0.15, 0.2) is 23.3 Å². The zero-order chi connectivity index (χ0) is 18.3. The standard InChI is InChI=1S/C14H18Cl2N2O6/c1-7(19)13(22)14(23)10(20)5-17-18-12(21)6-24-11-3-2-8(15)4-9(11)16/h2-5,7,10,13-14,19-20,22-23H,6H2,1H3,(H,18,21)/b17-5-/t7-,10-,13+,14-/m1/s1. The quantitative estimate of drug-likeness (QED) is 0.317. The molecule has 134 valence electrons. The Hall–Kier alpha value is -1.42. The number of amides is 1. The average molecular weight is 381 g/mol. The number of ether oxygens (including phenoxy) is 1. The molecule has 0 heterocycles. The molecule has 10 heteroatoms. The molecule has 1 aromatic rings. The topological polar surface area (TPSA) is 132 Å². The Kier molecular flexibility index (Phi) is 8.40. The van der Waals surface area contributed by atoms with Crippen molar-refractivity contribution in [2.45, 2.75) is 31.3 Å². The van der Waals surface area contributed by atoms with Crippen molar-refractivity contribution in [2.24, 2.45) is 5.10 Å². The number of hydrazone groups is 1. The Balaban J connectivity index is 2.42. The van der Waals surface area contributed by atoms with Gasteiger partial charge in [0.15, 0.2) is 6.61 Å². The molecule has 0 aliphatic rings. The zero-order valence-electron chi connectivity index (χ0n) is 12.6. The monoisotopic (exact) mass is 380 g/mol. The maximum atomic E-state index is 11.5. The van der Waals surface area contributed by atoms with E-state index in [0.29, 0.717) is 5.02 Å². The van der Waals surface area contributed by atoms with Crippen LogP contribution in [0.1, 0.15) is 6.92 Å². The first-order valence-electron chi connectivity index (χ1n) is 6.84. The second-order valence-electron chi connectivity index (χ2n) is 4.89. The first kappa shape index (κ1) is 20.6. The van der Waals surface area contributed by atoms with Gasteiger partial charge in [0.05, 0.1) is 17.3 Å². The van der Waals surface area contributed by atoms with Gasteiger partial charge >= 0.3 is 0 Å². The van der Waals surface area contributed by atoms with Crippen LogP contribution in [-0.2, 0) is 4.79 Å². The third-order valence-electron chi connectivity index (χ3n) is 2.86. The Morgan fingerprint density at radius 2 is 1.96 bits per heavy atom. The summed E-state index contributed by atoms with van der Waals surface area (Å²) in [6.07, 6.45) is -5.23. The minimum atomic E-state index is -1.66. The fourth-order valence-corrected chi connectivity index (χ4v) is 1.99. The van der Waals surface area contributed by atoms with Crippen molar-refractivity contribution < 1.29 is 30.0 Å². The van der Waals surface area contributed by atoms with Crippen LogP contribution >= 0.6 is 23.2 Å². The molecule has 0 aliphatic carbocycles. The van der Waals surface area contributed by atoms with E-state index >= 15 is 0 Å². The molecule has 0 fully saturated rings. The van der Waals surface area contributed by atoms with E-state index in [9.17, 15) is 20.1 Å². The van der Waals surface area contributed by atoms with Crippen LogP contribution < -0.4 is 10.2 Å². The average Bonchev–Trinajstić information content (AvgIpc) is 2.52. The van der Waals surface area contributed by atoms with E-state index in [-0.39, 0.29) is 10.8 Å². The van der Waals surface area contributed by atoms with Crippen LogP contribution in [0, 0.1) is 0 Å². The van der Waals surface area contributed by atoms with E-state index in [2.05, 4.69) is 10.5 Å². The highest BCUT2D eigenvalue weighted by Crippen LogP contribution is 2.27. The first-order chi connectivity index (χ1) is 11.2. The predicted molar refractivity (Wildman–Crippen MR) is 88.3 cm³/mol. The lowest BCUT2D eigenvalue weighted by atomic mass is 10.1. The summed E-state index contributed by atoms with van der Waals surface area (Å²) in [7, 11) is 0. The number of carbonyl (C=O) groups excluding carboxylic acids is 1. The van der Waals surface area contributed by atoms with Gasteiger partial charge < -0.3 is 25.2 Å². The number of carbonyl (C=O) groups is 1. The number of halogens is 2. The maximum Gasteiger partial charge on any atom is 0.277 e. The van der Waals surface area contributed by atoms with Crippen molar-refractivity contribution in [3.8, 4) is 5.75 Å². The molecule has 0 aromatic heterocycles. The van der Waals surface area contributed by atoms with Gasteiger partial charge in [0.25, 0.3) is 5.91 Å². The molecule has 0 bridgehead atoms. The largest absolute Gasteiger partial charge is 0.482 e. The highest BCUT2D eigenvalue weighted by atomic mass is 35.5. The number of hydrogen-bond donors (Lipinski definition) is 5. The van der Waals surface area contributed by atoms with Crippen molar-refractivity contribution in [1.29, 1.82) is 0 Å². The summed E-state index contributed by atoms with van der Waals surface area (Å²) >= 11 is 11.6. The lowest BCUT2D eigenvalue weighted by Gasteiger charge is -2.22. The Morgan fingerprint density at radius 3 is 2.54 bits per heavy atom. The van der Waals surface area contributed by atoms with Crippen molar-refractivity contribution in [1.82, 2.24) is 5.43 Å². The van der Waals surface area contributed by atoms with Crippen LogP contribution in [0.2, 0.25) is 10.0 Å². The van der Waals surface area contributed by atoms with E-state index in [4.69, 9.17) is 33.0 Å². The minimum absolute atomic E-state index is 0.240. The Morgan fingerprint density at radius 1 is 1.29 bits per heavy atom. The van der Waals surface area contributed by atoms with E-state index in [1.165, 1.54) is 19.1 Å². The van der Waals surface area contributed by atoms with Gasteiger partial charge in [0.1, 0.15) is 24.1 Å². The molecule has 4 atom stereocenters. The molecule has 24 heavy (non-hydrogen) atoms. The van der Waals surface area contributed by atoms with E-state index < -0.39 is 36.9 Å². The van der Waals surface area contributed by atoms with Crippen LogP contribution in [0.25, 0.3) is 0 Å². The van der Waals surface area contributed by atoms with Crippen molar-refractivity contribution in [2.75, 3.05) is 6.61 Å². The van der Waals surface area contributed by atoms with Gasteiger partial charge in [0, 0.05) is 5.02 Å². The van der Waals surface area contributed by atoms with Gasteiger partial charge in [-0.15, -0.1) is 0 Å². The molecule has 1 rings (SSSR count). The predicted octanol–water partition coefficient (Wildman–Crippen LogP) is -0.0623. The number of rotatable bonds is 8. The van der Waals surface area contributed by atoms with Crippen LogP contribution in [0.5, 0.6) is 5.75 Å². The van der Waals surface area contributed by atoms with E-state index in [0.717, 1.165) is 6.21 Å². The van der Waals surface area contributed by atoms with Crippen LogP contribution in [-0.4, -0.2) is 63.6 Å². The van der Waals surface area contributed by atoms with Gasteiger partial charge in [-0.25, -0.2) is 5.43 Å². The highest BCUT2D eigenvalue weighted by molar-refractivity contribution is 6.35. The number of aliphatic hydroxyl groups is 4. The molecular weight excluding hydrogens is 363 g/mol. The SMILES string of the molecule is C[C@@H](O)[C@H](O)[C@H](O)[C@H](O)/C=N\NC(=O)COc1ccc(Cl)cc1Cl. The molecule has 0 saturated heterocycles. The summed E-state index contributed by atoms with van der Waals surface area (Å²) < 4.78 is 5.17. The number of hydrogen-bond acceptors (Lipinski definition) is 7. The van der Waals surface area contributed by atoms with Gasteiger partial charge in [-0.1, -0.05) is 23.2 Å². The van der Waals surface area contributed by atoms with Gasteiger partial charge in [-0.3, -0.25) is 4.79 Å². The van der Waals surface area contributed by atoms with Gasteiger partial charge in [0.2, 0.25) is 0 Å². The molecule has 0 saturated carbocycles. The second-order valence-corrected chi connectivity index (χ2v) is 5.73. The molecule has 5 N–H and O–H groups in total. The molecule has 8 nitrogen and oxygen atoms in total. The summed E-state index contributed by atoms with van der Waals surface area (Å²) in [5.74, 6) is -0.384. The summed E-state index contributed by atoms with van der Waals surface area (Å²) in [6, 6.07) is 4.50. The normalized spacial score (nSPS) is 16.5. The lowest BCUT2D eigenvalue weighted by Crippen LogP contribution is -2.44. The van der Waals surface area contributed by atoms with E-state index in [1.807, 2.05) is 0 Å². The Labute approximate surface area is 148 Å². The molecule has 1 amide bonds. The summed E-state index contributed by atoms with van der Waals surface area (Å²) in [6.45, 7) is 0.854. The van der Waals surface area contributed by atoms with Crippen LogP contribution in [0.4, 0.5) is 0 Å². The molecule has 0 unspecified atom stereocenters. The third-order valence-corrected chi connectivity index (χ3v) is 3.39.